The Hall–Kier alpha value is -2.35. The van der Waals surface area contributed by atoms with Gasteiger partial charge >= 0.3 is 11.8 Å². The van der Waals surface area contributed by atoms with Crippen LogP contribution in [0.4, 0.5) is 4.79 Å². The highest BCUT2D eigenvalue weighted by Crippen LogP contribution is 2.24. The average Bonchev–Trinajstić information content (AvgIpc) is 2.75. The summed E-state index contributed by atoms with van der Waals surface area (Å²) < 4.78 is 1.69. The first-order valence-corrected chi connectivity index (χ1v) is 6.36. The highest BCUT2D eigenvalue weighted by Gasteiger charge is 2.25. The van der Waals surface area contributed by atoms with E-state index in [2.05, 4.69) is 14.8 Å². The molecule has 20 heavy (non-hydrogen) atoms. The van der Waals surface area contributed by atoms with Gasteiger partial charge in [0, 0.05) is 25.3 Å². The van der Waals surface area contributed by atoms with Crippen molar-refractivity contribution in [1.82, 2.24) is 19.6 Å². The molecule has 0 saturated carbocycles. The van der Waals surface area contributed by atoms with Gasteiger partial charge in [0.1, 0.15) is 0 Å². The van der Waals surface area contributed by atoms with Crippen LogP contribution in [0.3, 0.4) is 0 Å². The molecule has 0 radical (unpaired) electrons. The van der Waals surface area contributed by atoms with Crippen molar-refractivity contribution in [1.29, 1.82) is 0 Å². The van der Waals surface area contributed by atoms with E-state index in [1.165, 1.54) is 5.06 Å². The van der Waals surface area contributed by atoms with Crippen LogP contribution >= 0.6 is 0 Å². The quantitative estimate of drug-likeness (QED) is 0.849. The summed E-state index contributed by atoms with van der Waals surface area (Å²) in [5.74, 6) is 0. The lowest BCUT2D eigenvalue weighted by molar-refractivity contribution is -0.134. The minimum Gasteiger partial charge on any atom is -0.448 e. The Labute approximate surface area is 113 Å². The summed E-state index contributed by atoms with van der Waals surface area (Å²) in [4.78, 5) is 34.0. The van der Waals surface area contributed by atoms with Crippen LogP contribution in [0.5, 0.6) is 0 Å². The first-order valence-electron chi connectivity index (χ1n) is 6.36. The van der Waals surface area contributed by atoms with Crippen molar-refractivity contribution in [2.75, 3.05) is 13.1 Å². The summed E-state index contributed by atoms with van der Waals surface area (Å²) in [6.45, 7) is 0.937. The molecule has 3 rings (SSSR count). The van der Waals surface area contributed by atoms with Crippen LogP contribution in [0.2, 0.25) is 0 Å². The monoisotopic (exact) mass is 278 g/mol. The molecule has 2 aromatic heterocycles. The number of H-pyrrole nitrogens is 1. The maximum atomic E-state index is 12.0. The van der Waals surface area contributed by atoms with E-state index in [0.717, 1.165) is 5.52 Å². The van der Waals surface area contributed by atoms with Gasteiger partial charge in [0.15, 0.2) is 5.65 Å². The molecule has 8 heteroatoms. The zero-order chi connectivity index (χ0) is 14.1. The molecule has 1 saturated heterocycles. The molecule has 2 aromatic rings. The van der Waals surface area contributed by atoms with Gasteiger partial charge in [-0.3, -0.25) is 9.55 Å². The zero-order valence-electron chi connectivity index (χ0n) is 10.7. The third kappa shape index (κ3) is 2.25. The third-order valence-electron chi connectivity index (χ3n) is 3.49. The fourth-order valence-corrected chi connectivity index (χ4v) is 2.62. The number of piperidine rings is 1. The van der Waals surface area contributed by atoms with Crippen LogP contribution in [0.25, 0.3) is 11.2 Å². The van der Waals surface area contributed by atoms with Crippen molar-refractivity contribution in [2.24, 2.45) is 0 Å². The fourth-order valence-electron chi connectivity index (χ4n) is 2.62. The molecule has 0 atom stereocenters. The van der Waals surface area contributed by atoms with E-state index in [-0.39, 0.29) is 11.7 Å². The van der Waals surface area contributed by atoms with Gasteiger partial charge < -0.3 is 9.94 Å². The number of rotatable bonds is 2. The summed E-state index contributed by atoms with van der Waals surface area (Å²) in [5, 5.41) is 9.97. The van der Waals surface area contributed by atoms with Crippen LogP contribution in [-0.2, 0) is 4.84 Å². The van der Waals surface area contributed by atoms with E-state index in [0.29, 0.717) is 31.6 Å². The van der Waals surface area contributed by atoms with Crippen molar-refractivity contribution in [3.05, 3.63) is 28.8 Å². The second kappa shape index (κ2) is 4.97. The topological polar surface area (TPSA) is 100 Å². The van der Waals surface area contributed by atoms with Gasteiger partial charge in [-0.05, 0) is 25.0 Å². The summed E-state index contributed by atoms with van der Waals surface area (Å²) in [6, 6.07) is 3.66. The molecule has 1 aliphatic rings. The molecule has 106 valence electrons. The Balaban J connectivity index is 1.82. The molecule has 3 heterocycles. The SMILES string of the molecule is O=C(O)ON1CCC(n2c(=O)[nH]c3ncccc32)CC1. The van der Waals surface area contributed by atoms with Gasteiger partial charge in [-0.25, -0.2) is 14.6 Å². The Morgan fingerprint density at radius 1 is 1.45 bits per heavy atom. The Bertz CT molecular complexity index is 684. The van der Waals surface area contributed by atoms with Gasteiger partial charge in [-0.2, -0.15) is 0 Å². The predicted molar refractivity (Wildman–Crippen MR) is 69.3 cm³/mol. The molecular weight excluding hydrogens is 264 g/mol. The van der Waals surface area contributed by atoms with Gasteiger partial charge in [0.05, 0.1) is 5.52 Å². The number of carboxylic acid groups (broad SMARTS) is 1. The van der Waals surface area contributed by atoms with E-state index < -0.39 is 6.16 Å². The maximum absolute atomic E-state index is 12.0. The van der Waals surface area contributed by atoms with Crippen molar-refractivity contribution < 1.29 is 14.7 Å². The number of hydrogen-bond donors (Lipinski definition) is 2. The number of fused-ring (bicyclic) bond motifs is 1. The van der Waals surface area contributed by atoms with Crippen LogP contribution in [-0.4, -0.2) is 43.9 Å². The lowest BCUT2D eigenvalue weighted by Crippen LogP contribution is -2.38. The molecule has 0 unspecified atom stereocenters. The first-order chi connectivity index (χ1) is 9.65. The van der Waals surface area contributed by atoms with Crippen molar-refractivity contribution in [2.45, 2.75) is 18.9 Å². The zero-order valence-corrected chi connectivity index (χ0v) is 10.7. The van der Waals surface area contributed by atoms with Gasteiger partial charge in [0.25, 0.3) is 0 Å². The Morgan fingerprint density at radius 3 is 2.90 bits per heavy atom. The molecular formula is C12H14N4O4. The van der Waals surface area contributed by atoms with Crippen LogP contribution in [0.1, 0.15) is 18.9 Å². The summed E-state index contributed by atoms with van der Waals surface area (Å²) in [6.07, 6.45) is 1.62. The normalized spacial score (nSPS) is 17.4. The van der Waals surface area contributed by atoms with Crippen LogP contribution in [0.15, 0.2) is 23.1 Å². The van der Waals surface area contributed by atoms with E-state index in [4.69, 9.17) is 5.11 Å². The number of aromatic amines is 1. The number of nitrogens with zero attached hydrogens (tertiary/aromatic N) is 3. The molecule has 0 spiro atoms. The van der Waals surface area contributed by atoms with Gasteiger partial charge in [0.2, 0.25) is 0 Å². The van der Waals surface area contributed by atoms with Crippen LogP contribution < -0.4 is 5.69 Å². The molecule has 0 bridgehead atoms. The standard InChI is InChI=1S/C12H14N4O4/c17-11-14-10-9(2-1-5-13-10)16(11)8-3-6-15(7-4-8)20-12(18)19/h1-2,5,8H,3-4,6-7H2,(H,18,19)(H,13,14,17). The van der Waals surface area contributed by atoms with Gasteiger partial charge in [-0.15, -0.1) is 5.06 Å². The molecule has 0 aromatic carbocycles. The second-order valence-electron chi connectivity index (χ2n) is 4.69. The van der Waals surface area contributed by atoms with Crippen molar-refractivity contribution in [3.8, 4) is 0 Å². The number of pyridine rings is 1. The number of hydroxylamine groups is 2. The van der Waals surface area contributed by atoms with Gasteiger partial charge in [-0.1, -0.05) is 0 Å². The van der Waals surface area contributed by atoms with Crippen molar-refractivity contribution in [3.63, 3.8) is 0 Å². The smallest absolute Gasteiger partial charge is 0.448 e. The predicted octanol–water partition coefficient (Wildman–Crippen LogP) is 0.971. The molecule has 0 aliphatic carbocycles. The lowest BCUT2D eigenvalue weighted by atomic mass is 10.1. The number of nitrogens with one attached hydrogen (secondary N) is 1. The highest BCUT2D eigenvalue weighted by atomic mass is 16.8. The third-order valence-corrected chi connectivity index (χ3v) is 3.49. The lowest BCUT2D eigenvalue weighted by Gasteiger charge is -2.30. The highest BCUT2D eigenvalue weighted by molar-refractivity contribution is 5.70. The first kappa shape index (κ1) is 12.7. The second-order valence-corrected chi connectivity index (χ2v) is 4.69. The minimum absolute atomic E-state index is 0.0223. The van der Waals surface area contributed by atoms with Crippen LogP contribution in [0, 0.1) is 0 Å². The average molecular weight is 278 g/mol. The van der Waals surface area contributed by atoms with E-state index in [1.54, 1.807) is 16.8 Å². The maximum Gasteiger partial charge on any atom is 0.525 e. The molecule has 8 nitrogen and oxygen atoms in total. The molecule has 1 aliphatic heterocycles. The van der Waals surface area contributed by atoms with E-state index >= 15 is 0 Å². The van der Waals surface area contributed by atoms with E-state index in [9.17, 15) is 9.59 Å². The Morgan fingerprint density at radius 2 is 2.20 bits per heavy atom. The Kier molecular flexibility index (Phi) is 3.15. The largest absolute Gasteiger partial charge is 0.525 e. The molecule has 1 fully saturated rings. The molecule has 0 amide bonds. The fraction of sp³-hybridized carbons (Fsp3) is 0.417. The number of aromatic nitrogens is 3. The van der Waals surface area contributed by atoms with Crippen molar-refractivity contribution >= 4 is 17.3 Å². The number of carbonyl (C=O) groups is 1. The van der Waals surface area contributed by atoms with E-state index in [1.807, 2.05) is 6.07 Å². The molecule has 2 N–H and O–H groups in total. The summed E-state index contributed by atoms with van der Waals surface area (Å²) in [5.41, 5.74) is 1.16. The summed E-state index contributed by atoms with van der Waals surface area (Å²) >= 11 is 0. The summed E-state index contributed by atoms with van der Waals surface area (Å²) in [7, 11) is 0. The number of hydrogen-bond acceptors (Lipinski definition) is 5. The number of imidazole rings is 1. The minimum atomic E-state index is -1.31.